The summed E-state index contributed by atoms with van der Waals surface area (Å²) in [5, 5.41) is 10.1. The first kappa shape index (κ1) is 9.47. The van der Waals surface area contributed by atoms with Crippen LogP contribution in [0.15, 0.2) is 24.8 Å². The van der Waals surface area contributed by atoms with Crippen LogP contribution in [0.25, 0.3) is 5.57 Å². The zero-order valence-corrected chi connectivity index (χ0v) is 8.80. The fourth-order valence-electron chi connectivity index (χ4n) is 2.10. The van der Waals surface area contributed by atoms with Crippen molar-refractivity contribution in [2.75, 3.05) is 0 Å². The van der Waals surface area contributed by atoms with Crippen molar-refractivity contribution in [3.8, 4) is 0 Å². The second kappa shape index (κ2) is 2.96. The summed E-state index contributed by atoms with van der Waals surface area (Å²) >= 11 is 0. The minimum atomic E-state index is -0.622. The summed E-state index contributed by atoms with van der Waals surface area (Å²) in [4.78, 5) is 0. The van der Waals surface area contributed by atoms with Gasteiger partial charge in [0.1, 0.15) is 0 Å². The molecule has 0 bridgehead atoms. The Hall–Kier alpha value is -1.08. The van der Waals surface area contributed by atoms with E-state index < -0.39 is 5.60 Å². The number of fused-ring (bicyclic) bond motifs is 1. The van der Waals surface area contributed by atoms with Crippen molar-refractivity contribution in [1.29, 1.82) is 0 Å². The quantitative estimate of drug-likeness (QED) is 0.718. The summed E-state index contributed by atoms with van der Waals surface area (Å²) in [5.41, 5.74) is 4.00. The molecule has 1 heteroatoms. The summed E-state index contributed by atoms with van der Waals surface area (Å²) in [6, 6.07) is 6.23. The molecule has 1 aliphatic rings. The number of allylic oxidation sites excluding steroid dienone is 1. The molecule has 1 nitrogen and oxygen atoms in total. The Labute approximate surface area is 85.1 Å². The fraction of sp³-hybridized carbons (Fsp3) is 0.385. The molecule has 1 N–H and O–H groups in total. The Kier molecular flexibility index (Phi) is 2.00. The van der Waals surface area contributed by atoms with Crippen molar-refractivity contribution in [2.45, 2.75) is 32.3 Å². The van der Waals surface area contributed by atoms with Gasteiger partial charge in [0, 0.05) is 0 Å². The number of aliphatic hydroxyl groups is 1. The average Bonchev–Trinajstić information content (AvgIpc) is 2.42. The Morgan fingerprint density at radius 3 is 2.86 bits per heavy atom. The van der Waals surface area contributed by atoms with E-state index in [1.54, 1.807) is 0 Å². The molecule has 74 valence electrons. The highest BCUT2D eigenvalue weighted by Gasteiger charge is 2.31. The van der Waals surface area contributed by atoms with Crippen LogP contribution in [0.4, 0.5) is 0 Å². The lowest BCUT2D eigenvalue weighted by atomic mass is 9.96. The van der Waals surface area contributed by atoms with Crippen LogP contribution >= 0.6 is 0 Å². The Morgan fingerprint density at radius 1 is 1.50 bits per heavy atom. The molecule has 1 unspecified atom stereocenters. The molecule has 0 saturated heterocycles. The van der Waals surface area contributed by atoms with E-state index in [0.717, 1.165) is 24.0 Å². The molecule has 1 atom stereocenters. The van der Waals surface area contributed by atoms with Gasteiger partial charge >= 0.3 is 0 Å². The van der Waals surface area contributed by atoms with Gasteiger partial charge in [-0.15, -0.1) is 0 Å². The molecule has 0 amide bonds. The first-order valence-corrected chi connectivity index (χ1v) is 5.02. The van der Waals surface area contributed by atoms with Crippen molar-refractivity contribution >= 4 is 5.57 Å². The summed E-state index contributed by atoms with van der Waals surface area (Å²) in [5.74, 6) is 0. The SMILES string of the molecule is C=C(C)c1ccc2c(c1)CCC2(C)O. The minimum Gasteiger partial charge on any atom is -0.385 e. The van der Waals surface area contributed by atoms with Crippen LogP contribution in [0.3, 0.4) is 0 Å². The zero-order chi connectivity index (χ0) is 10.3. The molecule has 1 aliphatic carbocycles. The van der Waals surface area contributed by atoms with E-state index in [9.17, 15) is 5.11 Å². The van der Waals surface area contributed by atoms with Gasteiger partial charge < -0.3 is 5.11 Å². The molecule has 14 heavy (non-hydrogen) atoms. The van der Waals surface area contributed by atoms with Crippen LogP contribution in [-0.2, 0) is 12.0 Å². The molecule has 1 aromatic carbocycles. The Balaban J connectivity index is 2.49. The zero-order valence-electron chi connectivity index (χ0n) is 8.80. The van der Waals surface area contributed by atoms with Crippen LogP contribution in [0.5, 0.6) is 0 Å². The average molecular weight is 188 g/mol. The molecule has 0 aromatic heterocycles. The molecule has 2 rings (SSSR count). The van der Waals surface area contributed by atoms with Crippen LogP contribution in [0.1, 0.15) is 37.0 Å². The summed E-state index contributed by atoms with van der Waals surface area (Å²) in [7, 11) is 0. The van der Waals surface area contributed by atoms with E-state index >= 15 is 0 Å². The summed E-state index contributed by atoms with van der Waals surface area (Å²) < 4.78 is 0. The van der Waals surface area contributed by atoms with Gasteiger partial charge in [-0.2, -0.15) is 0 Å². The lowest BCUT2D eigenvalue weighted by Gasteiger charge is -2.17. The molecule has 0 heterocycles. The van der Waals surface area contributed by atoms with Gasteiger partial charge in [0.25, 0.3) is 0 Å². The van der Waals surface area contributed by atoms with Crippen LogP contribution in [0, 0.1) is 0 Å². The molecule has 0 radical (unpaired) electrons. The van der Waals surface area contributed by atoms with Crippen LogP contribution in [-0.4, -0.2) is 5.11 Å². The molecule has 0 aliphatic heterocycles. The summed E-state index contributed by atoms with van der Waals surface area (Å²) in [6.07, 6.45) is 1.81. The lowest BCUT2D eigenvalue weighted by Crippen LogP contribution is -2.16. The van der Waals surface area contributed by atoms with Gasteiger partial charge in [0.05, 0.1) is 5.60 Å². The van der Waals surface area contributed by atoms with Crippen molar-refractivity contribution in [3.63, 3.8) is 0 Å². The highest BCUT2D eigenvalue weighted by Crippen LogP contribution is 2.37. The smallest absolute Gasteiger partial charge is 0.0874 e. The third kappa shape index (κ3) is 1.38. The van der Waals surface area contributed by atoms with Crippen molar-refractivity contribution in [2.24, 2.45) is 0 Å². The maximum absolute atomic E-state index is 10.1. The van der Waals surface area contributed by atoms with E-state index in [4.69, 9.17) is 0 Å². The number of benzene rings is 1. The van der Waals surface area contributed by atoms with Crippen molar-refractivity contribution in [3.05, 3.63) is 41.5 Å². The van der Waals surface area contributed by atoms with Gasteiger partial charge in [0.15, 0.2) is 0 Å². The lowest BCUT2D eigenvalue weighted by molar-refractivity contribution is 0.0595. The largest absolute Gasteiger partial charge is 0.385 e. The fourth-order valence-corrected chi connectivity index (χ4v) is 2.10. The summed E-state index contributed by atoms with van der Waals surface area (Å²) in [6.45, 7) is 7.82. The predicted octanol–water partition coefficient (Wildman–Crippen LogP) is 2.87. The highest BCUT2D eigenvalue weighted by molar-refractivity contribution is 5.63. The second-order valence-electron chi connectivity index (χ2n) is 4.43. The molecule has 0 saturated carbocycles. The predicted molar refractivity (Wildman–Crippen MR) is 59.0 cm³/mol. The third-order valence-corrected chi connectivity index (χ3v) is 3.06. The van der Waals surface area contributed by atoms with Crippen LogP contribution < -0.4 is 0 Å². The van der Waals surface area contributed by atoms with Gasteiger partial charge in [-0.3, -0.25) is 0 Å². The Morgan fingerprint density at radius 2 is 2.21 bits per heavy atom. The maximum Gasteiger partial charge on any atom is 0.0874 e. The van der Waals surface area contributed by atoms with E-state index in [1.165, 1.54) is 11.1 Å². The number of hydrogen-bond acceptors (Lipinski definition) is 1. The highest BCUT2D eigenvalue weighted by atomic mass is 16.3. The molecule has 0 spiro atoms. The first-order chi connectivity index (χ1) is 6.50. The molecule has 1 aromatic rings. The monoisotopic (exact) mass is 188 g/mol. The number of hydrogen-bond donors (Lipinski definition) is 1. The molecular formula is C13H16O. The minimum absolute atomic E-state index is 0.622. The van der Waals surface area contributed by atoms with Gasteiger partial charge in [-0.1, -0.05) is 30.4 Å². The molecular weight excluding hydrogens is 172 g/mol. The van der Waals surface area contributed by atoms with Crippen molar-refractivity contribution in [1.82, 2.24) is 0 Å². The van der Waals surface area contributed by atoms with E-state index in [1.807, 2.05) is 26.0 Å². The first-order valence-electron chi connectivity index (χ1n) is 5.02. The van der Waals surface area contributed by atoms with Gasteiger partial charge in [-0.25, -0.2) is 0 Å². The Bertz CT molecular complexity index is 388. The van der Waals surface area contributed by atoms with Gasteiger partial charge in [-0.05, 0) is 43.4 Å². The topological polar surface area (TPSA) is 20.2 Å². The van der Waals surface area contributed by atoms with Crippen molar-refractivity contribution < 1.29 is 5.11 Å². The normalized spacial score (nSPS) is 24.8. The number of aryl methyl sites for hydroxylation is 1. The second-order valence-corrected chi connectivity index (χ2v) is 4.43. The molecule has 0 fully saturated rings. The van der Waals surface area contributed by atoms with Gasteiger partial charge in [0.2, 0.25) is 0 Å². The van der Waals surface area contributed by atoms with E-state index in [0.29, 0.717) is 0 Å². The van der Waals surface area contributed by atoms with Crippen LogP contribution in [0.2, 0.25) is 0 Å². The number of rotatable bonds is 1. The standard InChI is InChI=1S/C13H16O/c1-9(2)10-4-5-12-11(8-10)6-7-13(12,3)14/h4-5,8,14H,1,6-7H2,2-3H3. The van der Waals surface area contributed by atoms with E-state index in [2.05, 4.69) is 12.6 Å². The maximum atomic E-state index is 10.1. The third-order valence-electron chi connectivity index (χ3n) is 3.06. The van der Waals surface area contributed by atoms with E-state index in [-0.39, 0.29) is 0 Å².